The fourth-order valence-corrected chi connectivity index (χ4v) is 5.52. The van der Waals surface area contributed by atoms with Crippen LogP contribution in [0, 0.1) is 0 Å². The maximum absolute atomic E-state index is 2.44. The van der Waals surface area contributed by atoms with Gasteiger partial charge in [0.1, 0.15) is 6.54 Å². The third kappa shape index (κ3) is 22.4. The van der Waals surface area contributed by atoms with Crippen molar-refractivity contribution in [2.45, 2.75) is 194 Å². The van der Waals surface area contributed by atoms with Gasteiger partial charge < -0.3 is 0 Å². The van der Waals surface area contributed by atoms with Gasteiger partial charge in [-0.25, -0.2) is 4.57 Å². The lowest BCUT2D eigenvalue weighted by Crippen LogP contribution is -2.33. The second kappa shape index (κ2) is 27.2. The number of nitrogens with zero attached hydrogens (tertiary/aromatic N) is 1. The van der Waals surface area contributed by atoms with Crippen LogP contribution in [0.1, 0.15) is 186 Å². The summed E-state index contributed by atoms with van der Waals surface area (Å²) in [6, 6.07) is 4.60. The van der Waals surface area contributed by atoms with Crippen LogP contribution in [-0.4, -0.2) is 0 Å². The molecule has 0 aliphatic heterocycles. The molecule has 0 saturated carbocycles. The zero-order valence-electron chi connectivity index (χ0n) is 25.1. The minimum atomic E-state index is 1.20. The van der Waals surface area contributed by atoms with E-state index in [0.29, 0.717) is 0 Å². The second-order valence-electron chi connectivity index (χ2n) is 11.7. The lowest BCUT2D eigenvalue weighted by molar-refractivity contribution is -0.697. The molecule has 36 heavy (non-hydrogen) atoms. The van der Waals surface area contributed by atoms with Crippen LogP contribution in [-0.2, 0) is 13.0 Å². The Labute approximate surface area is 228 Å². The summed E-state index contributed by atoms with van der Waals surface area (Å²) in [6.45, 7) is 5.80. The summed E-state index contributed by atoms with van der Waals surface area (Å²) in [5.74, 6) is 0. The summed E-state index contributed by atoms with van der Waals surface area (Å²) in [6.07, 6.45) is 43.3. The third-order valence-electron chi connectivity index (χ3n) is 8.01. The zero-order chi connectivity index (χ0) is 25.8. The molecule has 0 spiro atoms. The van der Waals surface area contributed by atoms with E-state index in [1.54, 1.807) is 0 Å². The van der Waals surface area contributed by atoms with E-state index in [1.165, 1.54) is 185 Å². The maximum atomic E-state index is 2.44. The van der Waals surface area contributed by atoms with Crippen molar-refractivity contribution in [3.05, 3.63) is 30.1 Å². The molecule has 0 N–H and O–H groups in total. The van der Waals surface area contributed by atoms with Gasteiger partial charge in [-0.15, -0.1) is 0 Å². The van der Waals surface area contributed by atoms with Gasteiger partial charge >= 0.3 is 0 Å². The van der Waals surface area contributed by atoms with Gasteiger partial charge in [0, 0.05) is 18.1 Å². The minimum Gasteiger partial charge on any atom is -0.205 e. The molecule has 0 radical (unpaired) electrons. The van der Waals surface area contributed by atoms with Crippen molar-refractivity contribution >= 4 is 0 Å². The van der Waals surface area contributed by atoms with E-state index in [4.69, 9.17) is 0 Å². The average molecular weight is 501 g/mol. The molecule has 0 aliphatic rings. The smallest absolute Gasteiger partial charge is 0.171 e. The van der Waals surface area contributed by atoms with Gasteiger partial charge in [-0.05, 0) is 25.3 Å². The standard InChI is InChI=1S/C35H66N/c1-3-5-7-9-11-13-15-16-17-18-19-21-23-25-27-30-35-31-29-33-36(34-35)32-28-26-24-22-20-14-12-10-8-6-4-2/h29,31,33-34H,3-28,30,32H2,1-2H3/q+1. The molecule has 0 atom stereocenters. The second-order valence-corrected chi connectivity index (χ2v) is 11.7. The monoisotopic (exact) mass is 501 g/mol. The van der Waals surface area contributed by atoms with Gasteiger partial charge in [0.05, 0.1) is 0 Å². The Kier molecular flexibility index (Phi) is 25.1. The lowest BCUT2D eigenvalue weighted by atomic mass is 10.0. The highest BCUT2D eigenvalue weighted by molar-refractivity contribution is 5.05. The Balaban J connectivity index is 1.89. The van der Waals surface area contributed by atoms with Crippen LogP contribution >= 0.6 is 0 Å². The maximum Gasteiger partial charge on any atom is 0.171 e. The molecule has 1 aromatic rings. The van der Waals surface area contributed by atoms with Crippen molar-refractivity contribution in [1.82, 2.24) is 0 Å². The summed E-state index contributed by atoms with van der Waals surface area (Å²) >= 11 is 0. The highest BCUT2D eigenvalue weighted by atomic mass is 14.9. The van der Waals surface area contributed by atoms with Crippen molar-refractivity contribution in [3.8, 4) is 0 Å². The number of aromatic nitrogens is 1. The number of rotatable bonds is 28. The Morgan fingerprint density at radius 1 is 0.444 bits per heavy atom. The van der Waals surface area contributed by atoms with Crippen LogP contribution in [0.4, 0.5) is 0 Å². The molecule has 0 unspecified atom stereocenters. The van der Waals surface area contributed by atoms with E-state index in [9.17, 15) is 0 Å². The van der Waals surface area contributed by atoms with Gasteiger partial charge in [0.15, 0.2) is 12.4 Å². The van der Waals surface area contributed by atoms with Crippen molar-refractivity contribution < 1.29 is 4.57 Å². The predicted octanol–water partition coefficient (Wildman–Crippen LogP) is 11.7. The van der Waals surface area contributed by atoms with Crippen molar-refractivity contribution in [2.24, 2.45) is 0 Å². The number of pyridine rings is 1. The normalized spacial score (nSPS) is 11.4. The summed E-state index contributed by atoms with van der Waals surface area (Å²) in [5, 5.41) is 0. The highest BCUT2D eigenvalue weighted by Gasteiger charge is 2.03. The first kappa shape index (κ1) is 33.2. The Morgan fingerprint density at radius 2 is 0.806 bits per heavy atom. The van der Waals surface area contributed by atoms with E-state index in [0.717, 1.165) is 0 Å². The van der Waals surface area contributed by atoms with Gasteiger partial charge in [-0.3, -0.25) is 0 Å². The molecule has 1 rings (SSSR count). The van der Waals surface area contributed by atoms with Gasteiger partial charge in [0.2, 0.25) is 0 Å². The number of unbranched alkanes of at least 4 members (excludes halogenated alkanes) is 24. The summed E-state index contributed by atoms with van der Waals surface area (Å²) in [4.78, 5) is 0. The van der Waals surface area contributed by atoms with Crippen LogP contribution in [0.3, 0.4) is 0 Å². The highest BCUT2D eigenvalue weighted by Crippen LogP contribution is 2.14. The zero-order valence-corrected chi connectivity index (χ0v) is 25.1. The Bertz CT molecular complexity index is 551. The Morgan fingerprint density at radius 3 is 1.22 bits per heavy atom. The van der Waals surface area contributed by atoms with Gasteiger partial charge in [-0.1, -0.05) is 162 Å². The molecule has 0 saturated heterocycles. The van der Waals surface area contributed by atoms with Crippen molar-refractivity contribution in [2.75, 3.05) is 0 Å². The van der Waals surface area contributed by atoms with E-state index in [2.05, 4.69) is 42.9 Å². The number of hydrogen-bond acceptors (Lipinski definition) is 0. The van der Waals surface area contributed by atoms with Crippen LogP contribution in [0.25, 0.3) is 0 Å². The molecule has 0 aromatic carbocycles. The quantitative estimate of drug-likeness (QED) is 0.0795. The van der Waals surface area contributed by atoms with Gasteiger partial charge in [0.25, 0.3) is 0 Å². The molecule has 0 bridgehead atoms. The topological polar surface area (TPSA) is 3.88 Å². The summed E-state index contributed by atoms with van der Waals surface area (Å²) in [7, 11) is 0. The van der Waals surface area contributed by atoms with E-state index in [1.807, 2.05) is 0 Å². The summed E-state index contributed by atoms with van der Waals surface area (Å²) < 4.78 is 2.44. The SMILES string of the molecule is CCCCCCCCCCCCCCCCCc1ccc[n+](CCCCCCCCCCCCC)c1. The van der Waals surface area contributed by atoms with Crippen LogP contribution in [0.5, 0.6) is 0 Å². The molecule has 1 aromatic heterocycles. The average Bonchev–Trinajstić information content (AvgIpc) is 2.90. The largest absolute Gasteiger partial charge is 0.205 e. The first-order chi connectivity index (χ1) is 17.9. The first-order valence-corrected chi connectivity index (χ1v) is 16.8. The molecular weight excluding hydrogens is 434 g/mol. The fourth-order valence-electron chi connectivity index (χ4n) is 5.52. The molecule has 0 fully saturated rings. The van der Waals surface area contributed by atoms with E-state index >= 15 is 0 Å². The van der Waals surface area contributed by atoms with E-state index in [-0.39, 0.29) is 0 Å². The fraction of sp³-hybridized carbons (Fsp3) is 0.857. The lowest BCUT2D eigenvalue weighted by Gasteiger charge is -2.04. The van der Waals surface area contributed by atoms with E-state index < -0.39 is 0 Å². The number of hydrogen-bond donors (Lipinski definition) is 0. The van der Waals surface area contributed by atoms with Crippen LogP contribution in [0.2, 0.25) is 0 Å². The van der Waals surface area contributed by atoms with Crippen molar-refractivity contribution in [3.63, 3.8) is 0 Å². The Hall–Kier alpha value is -0.850. The molecule has 0 aliphatic carbocycles. The van der Waals surface area contributed by atoms with Gasteiger partial charge in [-0.2, -0.15) is 0 Å². The number of aryl methyl sites for hydroxylation is 2. The third-order valence-corrected chi connectivity index (χ3v) is 8.01. The minimum absolute atomic E-state index is 1.20. The molecule has 0 amide bonds. The molecule has 1 heterocycles. The first-order valence-electron chi connectivity index (χ1n) is 16.8. The van der Waals surface area contributed by atoms with Crippen LogP contribution < -0.4 is 4.57 Å². The molecule has 1 heteroatoms. The van der Waals surface area contributed by atoms with Crippen molar-refractivity contribution in [1.29, 1.82) is 0 Å². The summed E-state index contributed by atoms with van der Waals surface area (Å²) in [5.41, 5.74) is 1.54. The predicted molar refractivity (Wildman–Crippen MR) is 162 cm³/mol. The molecular formula is C35H66N+. The van der Waals surface area contributed by atoms with Crippen LogP contribution in [0.15, 0.2) is 24.5 Å². The molecule has 210 valence electrons. The molecule has 1 nitrogen and oxygen atoms in total.